The summed E-state index contributed by atoms with van der Waals surface area (Å²) in [4.78, 5) is 28.9. The zero-order valence-corrected chi connectivity index (χ0v) is 9.63. The fourth-order valence-corrected chi connectivity index (χ4v) is 1.83. The molecule has 1 aliphatic heterocycles. The second-order valence-electron chi connectivity index (χ2n) is 3.99. The van der Waals surface area contributed by atoms with E-state index in [0.717, 1.165) is 26.2 Å². The van der Waals surface area contributed by atoms with Gasteiger partial charge >= 0.3 is 0 Å². The highest BCUT2D eigenvalue weighted by Crippen LogP contribution is 1.98. The molecule has 1 amide bonds. The number of carbonyl (C=O) groups excluding carboxylic acids is 1. The molecule has 0 radical (unpaired) electrons. The summed E-state index contributed by atoms with van der Waals surface area (Å²) in [5, 5.41) is 3.19. The van der Waals surface area contributed by atoms with Gasteiger partial charge in [0.25, 0.3) is 5.56 Å². The van der Waals surface area contributed by atoms with Crippen LogP contribution in [0.3, 0.4) is 0 Å². The van der Waals surface area contributed by atoms with Crippen LogP contribution in [-0.2, 0) is 11.3 Å². The molecule has 6 heteroatoms. The van der Waals surface area contributed by atoms with Gasteiger partial charge in [-0.15, -0.1) is 0 Å². The van der Waals surface area contributed by atoms with Crippen molar-refractivity contribution in [2.75, 3.05) is 26.2 Å². The van der Waals surface area contributed by atoms with E-state index >= 15 is 0 Å². The second-order valence-corrected chi connectivity index (χ2v) is 3.99. The number of aromatic nitrogens is 2. The Labute approximate surface area is 99.3 Å². The van der Waals surface area contributed by atoms with Crippen LogP contribution in [-0.4, -0.2) is 46.5 Å². The first-order chi connectivity index (χ1) is 8.27. The maximum atomic E-state index is 11.8. The monoisotopic (exact) mass is 236 g/mol. The summed E-state index contributed by atoms with van der Waals surface area (Å²) in [5.74, 6) is 0.0993. The van der Waals surface area contributed by atoms with E-state index in [-0.39, 0.29) is 11.5 Å². The number of rotatable bonds is 3. The average Bonchev–Trinajstić information content (AvgIpc) is 2.38. The summed E-state index contributed by atoms with van der Waals surface area (Å²) in [5.41, 5.74) is -0.117. The van der Waals surface area contributed by atoms with Gasteiger partial charge in [-0.05, 0) is 0 Å². The van der Waals surface area contributed by atoms with Gasteiger partial charge in [-0.1, -0.05) is 0 Å². The molecule has 17 heavy (non-hydrogen) atoms. The first kappa shape index (κ1) is 11.8. The minimum Gasteiger partial charge on any atom is -0.340 e. The predicted octanol–water partition coefficient (Wildman–Crippen LogP) is -0.935. The van der Waals surface area contributed by atoms with Crippen molar-refractivity contribution in [3.05, 3.63) is 28.9 Å². The maximum absolute atomic E-state index is 11.8. The quantitative estimate of drug-likeness (QED) is 0.736. The number of piperazine rings is 1. The van der Waals surface area contributed by atoms with Crippen LogP contribution < -0.4 is 10.9 Å². The van der Waals surface area contributed by atoms with E-state index in [1.54, 1.807) is 0 Å². The average molecular weight is 236 g/mol. The Morgan fingerprint density at radius 1 is 1.41 bits per heavy atom. The van der Waals surface area contributed by atoms with Gasteiger partial charge in [-0.3, -0.25) is 14.2 Å². The molecule has 1 aromatic rings. The third-order valence-corrected chi connectivity index (χ3v) is 2.83. The lowest BCUT2D eigenvalue weighted by molar-refractivity contribution is -0.132. The van der Waals surface area contributed by atoms with Gasteiger partial charge < -0.3 is 10.2 Å². The molecule has 0 unspecified atom stereocenters. The van der Waals surface area contributed by atoms with Crippen molar-refractivity contribution < 1.29 is 4.79 Å². The van der Waals surface area contributed by atoms with Gasteiger partial charge in [-0.25, -0.2) is 4.98 Å². The molecule has 0 spiro atoms. The third-order valence-electron chi connectivity index (χ3n) is 2.83. The SMILES string of the molecule is O=C(CCn1cnccc1=O)N1CCNCC1. The summed E-state index contributed by atoms with van der Waals surface area (Å²) in [6, 6.07) is 1.40. The lowest BCUT2D eigenvalue weighted by Gasteiger charge is -2.27. The predicted molar refractivity (Wildman–Crippen MR) is 62.6 cm³/mol. The molecule has 0 aromatic carbocycles. The Balaban J connectivity index is 1.87. The molecular formula is C11H16N4O2. The number of carbonyl (C=O) groups is 1. The number of hydrogen-bond donors (Lipinski definition) is 1. The molecule has 0 saturated carbocycles. The van der Waals surface area contributed by atoms with Gasteiger partial charge in [0.15, 0.2) is 0 Å². The third kappa shape index (κ3) is 3.13. The lowest BCUT2D eigenvalue weighted by atomic mass is 10.3. The van der Waals surface area contributed by atoms with Crippen molar-refractivity contribution in [1.29, 1.82) is 0 Å². The highest BCUT2D eigenvalue weighted by Gasteiger charge is 2.15. The molecule has 1 saturated heterocycles. The van der Waals surface area contributed by atoms with E-state index in [9.17, 15) is 9.59 Å². The summed E-state index contributed by atoms with van der Waals surface area (Å²) < 4.78 is 1.46. The molecule has 1 N–H and O–H groups in total. The van der Waals surface area contributed by atoms with Gasteiger partial charge in [0.05, 0.1) is 6.33 Å². The van der Waals surface area contributed by atoms with Crippen LogP contribution in [0, 0.1) is 0 Å². The van der Waals surface area contributed by atoms with E-state index in [0.29, 0.717) is 13.0 Å². The van der Waals surface area contributed by atoms with Gasteiger partial charge in [0.1, 0.15) is 0 Å². The van der Waals surface area contributed by atoms with Crippen molar-refractivity contribution in [3.63, 3.8) is 0 Å². The van der Waals surface area contributed by atoms with Crippen LogP contribution in [0.15, 0.2) is 23.4 Å². The topological polar surface area (TPSA) is 67.2 Å². The molecular weight excluding hydrogens is 220 g/mol. The molecule has 1 aromatic heterocycles. The molecule has 2 rings (SSSR count). The highest BCUT2D eigenvalue weighted by molar-refractivity contribution is 5.76. The van der Waals surface area contributed by atoms with Crippen LogP contribution >= 0.6 is 0 Å². The van der Waals surface area contributed by atoms with E-state index in [1.165, 1.54) is 23.2 Å². The molecule has 0 aliphatic carbocycles. The fraction of sp³-hybridized carbons (Fsp3) is 0.545. The van der Waals surface area contributed by atoms with Crippen molar-refractivity contribution in [2.24, 2.45) is 0 Å². The Bertz CT molecular complexity index is 437. The summed E-state index contributed by atoms with van der Waals surface area (Å²) in [6.07, 6.45) is 3.27. The van der Waals surface area contributed by atoms with E-state index in [2.05, 4.69) is 10.3 Å². The Morgan fingerprint density at radius 2 is 2.18 bits per heavy atom. The van der Waals surface area contributed by atoms with Crippen LogP contribution in [0.5, 0.6) is 0 Å². The van der Waals surface area contributed by atoms with Crippen molar-refractivity contribution >= 4 is 5.91 Å². The van der Waals surface area contributed by atoms with E-state index in [4.69, 9.17) is 0 Å². The maximum Gasteiger partial charge on any atom is 0.253 e. The molecule has 6 nitrogen and oxygen atoms in total. The first-order valence-electron chi connectivity index (χ1n) is 5.76. The molecule has 92 valence electrons. The molecule has 0 atom stereocenters. The fourth-order valence-electron chi connectivity index (χ4n) is 1.83. The summed E-state index contributed by atoms with van der Waals surface area (Å²) in [7, 11) is 0. The molecule has 1 aliphatic rings. The van der Waals surface area contributed by atoms with E-state index < -0.39 is 0 Å². The number of hydrogen-bond acceptors (Lipinski definition) is 4. The summed E-state index contributed by atoms with van der Waals surface area (Å²) in [6.45, 7) is 3.59. The van der Waals surface area contributed by atoms with Crippen molar-refractivity contribution in [2.45, 2.75) is 13.0 Å². The van der Waals surface area contributed by atoms with Crippen LogP contribution in [0.4, 0.5) is 0 Å². The van der Waals surface area contributed by atoms with Crippen molar-refractivity contribution in [1.82, 2.24) is 19.8 Å². The molecule has 2 heterocycles. The van der Waals surface area contributed by atoms with Gasteiger partial charge in [-0.2, -0.15) is 0 Å². The zero-order valence-electron chi connectivity index (χ0n) is 9.63. The minimum atomic E-state index is -0.117. The minimum absolute atomic E-state index is 0.0993. The van der Waals surface area contributed by atoms with Gasteiger partial charge in [0.2, 0.25) is 5.91 Å². The standard InChI is InChI=1S/C11H16N4O2/c16-10-1-3-13-9-15(10)6-2-11(17)14-7-4-12-5-8-14/h1,3,9,12H,2,4-8H2. The smallest absolute Gasteiger partial charge is 0.253 e. The molecule has 0 bridgehead atoms. The zero-order chi connectivity index (χ0) is 12.1. The van der Waals surface area contributed by atoms with Crippen LogP contribution in [0.25, 0.3) is 0 Å². The first-order valence-corrected chi connectivity index (χ1v) is 5.76. The number of nitrogens with zero attached hydrogens (tertiary/aromatic N) is 3. The van der Waals surface area contributed by atoms with Crippen LogP contribution in [0.2, 0.25) is 0 Å². The number of amides is 1. The number of aryl methyl sites for hydroxylation is 1. The van der Waals surface area contributed by atoms with Crippen LogP contribution in [0.1, 0.15) is 6.42 Å². The second kappa shape index (κ2) is 5.58. The lowest BCUT2D eigenvalue weighted by Crippen LogP contribution is -2.46. The Kier molecular flexibility index (Phi) is 3.87. The Hall–Kier alpha value is -1.69. The normalized spacial score (nSPS) is 15.9. The number of nitrogens with one attached hydrogen (secondary N) is 1. The summed E-state index contributed by atoms with van der Waals surface area (Å²) >= 11 is 0. The Morgan fingerprint density at radius 3 is 2.88 bits per heavy atom. The molecule has 1 fully saturated rings. The highest BCUT2D eigenvalue weighted by atomic mass is 16.2. The van der Waals surface area contributed by atoms with Gasteiger partial charge in [0, 0.05) is 51.4 Å². The largest absolute Gasteiger partial charge is 0.340 e. The van der Waals surface area contributed by atoms with E-state index in [1.807, 2.05) is 4.90 Å². The van der Waals surface area contributed by atoms with Crippen molar-refractivity contribution in [3.8, 4) is 0 Å².